The van der Waals surface area contributed by atoms with E-state index in [2.05, 4.69) is 5.32 Å². The van der Waals surface area contributed by atoms with Crippen molar-refractivity contribution in [2.45, 2.75) is 16.5 Å². The Morgan fingerprint density at radius 1 is 1.19 bits per heavy atom. The highest BCUT2D eigenvalue weighted by atomic mass is 32.2. The van der Waals surface area contributed by atoms with Crippen LogP contribution in [0.1, 0.15) is 0 Å². The molecule has 0 radical (unpaired) electrons. The number of sulfone groups is 1. The Morgan fingerprint density at radius 3 is 2.58 bits per heavy atom. The van der Waals surface area contributed by atoms with Crippen LogP contribution in [0.5, 0.6) is 17.2 Å². The Hall–Kier alpha value is -3.26. The van der Waals surface area contributed by atoms with E-state index in [4.69, 9.17) is 14.2 Å². The molecular weight excluding hydrogens is 449 g/mol. The number of nitro groups is 1. The molecule has 1 aliphatic rings. The minimum atomic E-state index is -5.74. The Morgan fingerprint density at radius 2 is 1.90 bits per heavy atom. The summed E-state index contributed by atoms with van der Waals surface area (Å²) in [5.41, 5.74) is -6.76. The molecule has 1 aliphatic heterocycles. The van der Waals surface area contributed by atoms with Crippen molar-refractivity contribution in [2.75, 3.05) is 25.3 Å². The van der Waals surface area contributed by atoms with Gasteiger partial charge in [-0.2, -0.15) is 13.2 Å². The van der Waals surface area contributed by atoms with E-state index in [9.17, 15) is 36.8 Å². The van der Waals surface area contributed by atoms with Gasteiger partial charge in [0.05, 0.1) is 9.82 Å². The van der Waals surface area contributed by atoms with Gasteiger partial charge in [-0.25, -0.2) is 8.42 Å². The van der Waals surface area contributed by atoms with Gasteiger partial charge in [-0.1, -0.05) is 0 Å². The molecule has 1 heterocycles. The number of hydrogen-bond acceptors (Lipinski definition) is 9. The van der Waals surface area contributed by atoms with Crippen LogP contribution >= 0.6 is 0 Å². The second-order valence-corrected chi connectivity index (χ2v) is 8.19. The van der Waals surface area contributed by atoms with Gasteiger partial charge < -0.3 is 24.6 Å². The molecule has 0 saturated carbocycles. The Bertz CT molecular complexity index is 1090. The topological polar surface area (TPSA) is 137 Å². The number of halogens is 3. The van der Waals surface area contributed by atoms with Gasteiger partial charge in [0.1, 0.15) is 24.1 Å². The third-order valence-corrected chi connectivity index (χ3v) is 5.58. The number of alkyl halides is 3. The van der Waals surface area contributed by atoms with E-state index in [1.807, 2.05) is 0 Å². The molecule has 31 heavy (non-hydrogen) atoms. The number of fused-ring (bicyclic) bond motifs is 1. The van der Waals surface area contributed by atoms with Crippen LogP contribution in [0.2, 0.25) is 0 Å². The lowest BCUT2D eigenvalue weighted by atomic mass is 10.2. The first-order valence-corrected chi connectivity index (χ1v) is 10.0. The summed E-state index contributed by atoms with van der Waals surface area (Å²) in [6.45, 7) is -0.412. The van der Waals surface area contributed by atoms with Gasteiger partial charge in [-0.05, 0) is 24.3 Å². The van der Waals surface area contributed by atoms with Crippen LogP contribution in [-0.2, 0) is 9.84 Å². The number of nitro benzene ring substituents is 1. The molecule has 1 atom stereocenters. The minimum Gasteiger partial charge on any atom is -0.491 e. The van der Waals surface area contributed by atoms with E-state index in [1.54, 1.807) is 18.2 Å². The largest absolute Gasteiger partial charge is 0.501 e. The maximum atomic E-state index is 12.7. The molecule has 0 aliphatic carbocycles. The molecule has 14 heteroatoms. The first kappa shape index (κ1) is 22.4. The number of anilines is 1. The number of aliphatic hydroxyl groups is 1. The predicted octanol–water partition coefficient (Wildman–Crippen LogP) is 2.47. The number of benzene rings is 2. The minimum absolute atomic E-state index is 0.0766. The lowest BCUT2D eigenvalue weighted by molar-refractivity contribution is -0.384. The average molecular weight is 464 g/mol. The van der Waals surface area contributed by atoms with Gasteiger partial charge in [0.2, 0.25) is 6.79 Å². The molecular formula is C17H15F3N2O8S. The van der Waals surface area contributed by atoms with Gasteiger partial charge in [-0.3, -0.25) is 10.1 Å². The van der Waals surface area contributed by atoms with Crippen molar-refractivity contribution < 1.29 is 45.8 Å². The fourth-order valence-corrected chi connectivity index (χ4v) is 3.34. The molecule has 0 amide bonds. The van der Waals surface area contributed by atoms with Crippen molar-refractivity contribution in [3.63, 3.8) is 0 Å². The zero-order valence-electron chi connectivity index (χ0n) is 15.5. The smallest absolute Gasteiger partial charge is 0.491 e. The summed E-state index contributed by atoms with van der Waals surface area (Å²) in [7, 11) is -5.74. The molecule has 0 bridgehead atoms. The first-order valence-electron chi connectivity index (χ1n) is 8.53. The number of ether oxygens (including phenoxy) is 3. The maximum Gasteiger partial charge on any atom is 0.501 e. The van der Waals surface area contributed by atoms with E-state index in [0.717, 1.165) is 6.07 Å². The van der Waals surface area contributed by atoms with Crippen LogP contribution in [-0.4, -0.2) is 50.0 Å². The van der Waals surface area contributed by atoms with E-state index in [-0.39, 0.29) is 25.6 Å². The number of aliphatic hydroxyl groups excluding tert-OH is 1. The fourth-order valence-electron chi connectivity index (χ4n) is 2.56. The summed E-state index contributed by atoms with van der Waals surface area (Å²) < 4.78 is 76.7. The molecule has 2 aromatic rings. The van der Waals surface area contributed by atoms with Crippen LogP contribution in [0, 0.1) is 10.1 Å². The molecule has 0 saturated heterocycles. The highest BCUT2D eigenvalue weighted by Crippen LogP contribution is 2.36. The number of nitrogens with zero attached hydrogens (tertiary/aromatic N) is 1. The van der Waals surface area contributed by atoms with E-state index in [1.165, 1.54) is 0 Å². The number of hydrogen-bond donors (Lipinski definition) is 2. The monoisotopic (exact) mass is 464 g/mol. The van der Waals surface area contributed by atoms with Crippen LogP contribution in [0.3, 0.4) is 0 Å². The number of rotatable bonds is 8. The third-order valence-electron chi connectivity index (χ3n) is 4.10. The van der Waals surface area contributed by atoms with E-state index in [0.29, 0.717) is 29.4 Å². The molecule has 168 valence electrons. The summed E-state index contributed by atoms with van der Waals surface area (Å²) in [6.07, 6.45) is -1.16. The summed E-state index contributed by atoms with van der Waals surface area (Å²) in [5.74, 6) is 1.38. The summed E-state index contributed by atoms with van der Waals surface area (Å²) in [6, 6.07) is 6.46. The zero-order chi connectivity index (χ0) is 22.8. The fraction of sp³-hybridized carbons (Fsp3) is 0.294. The second-order valence-electron chi connectivity index (χ2n) is 6.25. The molecule has 2 N–H and O–H groups in total. The summed E-state index contributed by atoms with van der Waals surface area (Å²) in [4.78, 5) is 8.88. The Labute approximate surface area is 173 Å². The molecule has 2 aromatic carbocycles. The van der Waals surface area contributed by atoms with Gasteiger partial charge >= 0.3 is 5.51 Å². The summed E-state index contributed by atoms with van der Waals surface area (Å²) >= 11 is 0. The third kappa shape index (κ3) is 4.91. The van der Waals surface area contributed by atoms with Crippen molar-refractivity contribution in [1.29, 1.82) is 0 Å². The highest BCUT2D eigenvalue weighted by Gasteiger charge is 2.47. The van der Waals surface area contributed by atoms with Crippen molar-refractivity contribution in [3.05, 3.63) is 46.5 Å². The molecule has 3 rings (SSSR count). The lowest BCUT2D eigenvalue weighted by Gasteiger charge is -2.15. The number of nitrogens with one attached hydrogen (secondary N) is 1. The van der Waals surface area contributed by atoms with Crippen molar-refractivity contribution in [3.8, 4) is 17.2 Å². The van der Waals surface area contributed by atoms with Crippen molar-refractivity contribution in [2.24, 2.45) is 0 Å². The molecule has 10 nitrogen and oxygen atoms in total. The van der Waals surface area contributed by atoms with E-state index < -0.39 is 37.0 Å². The zero-order valence-corrected chi connectivity index (χ0v) is 16.3. The van der Waals surface area contributed by atoms with Crippen molar-refractivity contribution >= 4 is 21.2 Å². The normalized spacial score (nSPS) is 14.2. The molecule has 0 fully saturated rings. The van der Waals surface area contributed by atoms with Crippen LogP contribution in [0.25, 0.3) is 0 Å². The van der Waals surface area contributed by atoms with Gasteiger partial charge in [-0.15, -0.1) is 0 Å². The van der Waals surface area contributed by atoms with E-state index >= 15 is 0 Å². The highest BCUT2D eigenvalue weighted by molar-refractivity contribution is 7.92. The predicted molar refractivity (Wildman–Crippen MR) is 98.9 cm³/mol. The summed E-state index contributed by atoms with van der Waals surface area (Å²) in [5, 5.41) is 23.7. The van der Waals surface area contributed by atoms with Crippen molar-refractivity contribution in [1.82, 2.24) is 0 Å². The average Bonchev–Trinajstić information content (AvgIpc) is 3.17. The molecule has 1 unspecified atom stereocenters. The standard InChI is InChI=1S/C17H15F3N2O8S/c18-17(19,20)31(26,27)12-2-3-13(14(6-12)22(24)25)21-7-10(23)8-28-11-1-4-15-16(5-11)30-9-29-15/h1-6,10,21,23H,7-9H2. The van der Waals surface area contributed by atoms with Gasteiger partial charge in [0.15, 0.2) is 11.5 Å². The maximum absolute atomic E-state index is 12.7. The van der Waals surface area contributed by atoms with Gasteiger partial charge in [0, 0.05) is 18.7 Å². The van der Waals surface area contributed by atoms with Crippen LogP contribution in [0.15, 0.2) is 41.3 Å². The Balaban J connectivity index is 1.64. The van der Waals surface area contributed by atoms with Crippen LogP contribution in [0.4, 0.5) is 24.5 Å². The Kier molecular flexibility index (Phi) is 6.13. The molecule has 0 spiro atoms. The lowest BCUT2D eigenvalue weighted by Crippen LogP contribution is -2.27. The first-order chi connectivity index (χ1) is 14.5. The molecule has 0 aromatic heterocycles. The second kappa shape index (κ2) is 8.47. The quantitative estimate of drug-likeness (QED) is 0.446. The van der Waals surface area contributed by atoms with Crippen LogP contribution < -0.4 is 19.5 Å². The SMILES string of the molecule is O=[N+]([O-])c1cc(S(=O)(=O)C(F)(F)F)ccc1NCC(O)COc1ccc2c(c1)OCO2. The van der Waals surface area contributed by atoms with Gasteiger partial charge in [0.25, 0.3) is 15.5 Å².